The number of ether oxygens (including phenoxy) is 2. The van der Waals surface area contributed by atoms with Crippen molar-refractivity contribution in [2.75, 3.05) is 32.8 Å². The van der Waals surface area contributed by atoms with Crippen LogP contribution in [0, 0.1) is 5.82 Å². The van der Waals surface area contributed by atoms with Gasteiger partial charge in [-0.25, -0.2) is 4.39 Å². The van der Waals surface area contributed by atoms with Gasteiger partial charge in [-0.2, -0.15) is 0 Å². The zero-order valence-electron chi connectivity index (χ0n) is 18.8. The lowest BCUT2D eigenvalue weighted by Gasteiger charge is -2.34. The Morgan fingerprint density at radius 3 is 2.39 bits per heavy atom. The molecule has 5 rings (SSSR count). The molecule has 1 saturated heterocycles. The summed E-state index contributed by atoms with van der Waals surface area (Å²) in [5.41, 5.74) is 3.19. The Labute approximate surface area is 194 Å². The number of fused-ring (bicyclic) bond motifs is 1. The van der Waals surface area contributed by atoms with Gasteiger partial charge in [-0.1, -0.05) is 36.8 Å². The van der Waals surface area contributed by atoms with Gasteiger partial charge in [0.1, 0.15) is 29.7 Å². The van der Waals surface area contributed by atoms with Crippen LogP contribution < -0.4 is 9.47 Å². The van der Waals surface area contributed by atoms with Crippen LogP contribution in [-0.4, -0.2) is 42.9 Å². The molecule has 2 aliphatic rings. The second-order valence-electron chi connectivity index (χ2n) is 8.99. The second kappa shape index (κ2) is 9.84. The summed E-state index contributed by atoms with van der Waals surface area (Å²) in [5, 5.41) is 9.93. The number of aromatic hydroxyl groups is 1. The zero-order chi connectivity index (χ0) is 22.6. The number of likely N-dealkylation sites (tertiary alicyclic amines) is 1. The highest BCUT2D eigenvalue weighted by molar-refractivity contribution is 5.50. The first-order valence-electron chi connectivity index (χ1n) is 11.8. The molecule has 2 aliphatic heterocycles. The number of halogens is 1. The molecule has 2 unspecified atom stereocenters. The van der Waals surface area contributed by atoms with Crippen molar-refractivity contribution in [1.82, 2.24) is 4.90 Å². The summed E-state index contributed by atoms with van der Waals surface area (Å²) < 4.78 is 25.6. The maximum absolute atomic E-state index is 13.5. The van der Waals surface area contributed by atoms with Crippen molar-refractivity contribution < 1.29 is 19.0 Å². The molecule has 33 heavy (non-hydrogen) atoms. The van der Waals surface area contributed by atoms with Gasteiger partial charge in [0.25, 0.3) is 0 Å². The van der Waals surface area contributed by atoms with E-state index in [0.717, 1.165) is 29.0 Å². The predicted molar refractivity (Wildman–Crippen MR) is 127 cm³/mol. The number of benzene rings is 3. The quantitative estimate of drug-likeness (QED) is 0.526. The maximum Gasteiger partial charge on any atom is 0.126 e. The van der Waals surface area contributed by atoms with E-state index in [1.165, 1.54) is 44.5 Å². The highest BCUT2D eigenvalue weighted by atomic mass is 19.1. The van der Waals surface area contributed by atoms with Gasteiger partial charge in [0, 0.05) is 30.0 Å². The van der Waals surface area contributed by atoms with Crippen LogP contribution in [-0.2, 0) is 0 Å². The monoisotopic (exact) mass is 447 g/mol. The number of hydrogen-bond donors (Lipinski definition) is 1. The summed E-state index contributed by atoms with van der Waals surface area (Å²) >= 11 is 0. The fraction of sp³-hybridized carbons (Fsp3) is 0.357. The minimum absolute atomic E-state index is 0.0298. The third-order valence-corrected chi connectivity index (χ3v) is 6.82. The lowest BCUT2D eigenvalue weighted by molar-refractivity contribution is 0.183. The first kappa shape index (κ1) is 21.8. The molecule has 0 spiro atoms. The van der Waals surface area contributed by atoms with Gasteiger partial charge >= 0.3 is 0 Å². The second-order valence-corrected chi connectivity index (χ2v) is 8.99. The fourth-order valence-corrected chi connectivity index (χ4v) is 5.06. The molecule has 4 nitrogen and oxygen atoms in total. The van der Waals surface area contributed by atoms with Gasteiger partial charge in [-0.05, 0) is 67.4 Å². The summed E-state index contributed by atoms with van der Waals surface area (Å²) in [6, 6.07) is 20.2. The van der Waals surface area contributed by atoms with Crippen molar-refractivity contribution in [1.29, 1.82) is 0 Å². The van der Waals surface area contributed by atoms with E-state index in [2.05, 4.69) is 17.0 Å². The highest BCUT2D eigenvalue weighted by Gasteiger charge is 2.33. The average molecular weight is 448 g/mol. The first-order valence-corrected chi connectivity index (χ1v) is 11.8. The number of hydrogen-bond acceptors (Lipinski definition) is 4. The van der Waals surface area contributed by atoms with Crippen molar-refractivity contribution in [2.24, 2.45) is 0 Å². The standard InChI is InChI=1S/C28H30FNO3/c29-22-8-4-20(5-9-22)26-19-33-27-18-23(31)10-13-25(27)28(26)21-6-11-24(12-7-21)32-17-16-30-14-2-1-3-15-30/h4-13,18,26,28,31H,1-3,14-17,19H2. The molecule has 0 radical (unpaired) electrons. The van der Waals surface area contributed by atoms with Crippen molar-refractivity contribution >= 4 is 0 Å². The van der Waals surface area contributed by atoms with Crippen LogP contribution in [0.1, 0.15) is 47.8 Å². The molecule has 2 atom stereocenters. The van der Waals surface area contributed by atoms with E-state index < -0.39 is 0 Å². The molecule has 0 saturated carbocycles. The molecule has 3 aromatic rings. The van der Waals surface area contributed by atoms with E-state index >= 15 is 0 Å². The Balaban J connectivity index is 1.36. The summed E-state index contributed by atoms with van der Waals surface area (Å²) in [6.07, 6.45) is 3.91. The van der Waals surface area contributed by atoms with E-state index in [0.29, 0.717) is 19.0 Å². The first-order chi connectivity index (χ1) is 16.2. The molecule has 5 heteroatoms. The third-order valence-electron chi connectivity index (χ3n) is 6.82. The normalized spacial score (nSPS) is 20.6. The lowest BCUT2D eigenvalue weighted by atomic mass is 9.76. The van der Waals surface area contributed by atoms with E-state index in [-0.39, 0.29) is 23.4 Å². The van der Waals surface area contributed by atoms with Crippen LogP contribution in [0.4, 0.5) is 4.39 Å². The smallest absolute Gasteiger partial charge is 0.126 e. The Hall–Kier alpha value is -3.05. The van der Waals surface area contributed by atoms with Crippen molar-refractivity contribution in [2.45, 2.75) is 31.1 Å². The molecule has 0 aromatic heterocycles. The zero-order valence-corrected chi connectivity index (χ0v) is 18.8. The number of rotatable bonds is 6. The third kappa shape index (κ3) is 4.98. The number of phenols is 1. The van der Waals surface area contributed by atoms with Crippen LogP contribution in [0.25, 0.3) is 0 Å². The SMILES string of the molecule is Oc1ccc2c(c1)OCC(c1ccc(F)cc1)C2c1ccc(OCCN2CCCCC2)cc1. The predicted octanol–water partition coefficient (Wildman–Crippen LogP) is 5.70. The van der Waals surface area contributed by atoms with Gasteiger partial charge in [-0.3, -0.25) is 4.90 Å². The maximum atomic E-state index is 13.5. The summed E-state index contributed by atoms with van der Waals surface area (Å²) in [4.78, 5) is 2.47. The Bertz CT molecular complexity index is 1060. The van der Waals surface area contributed by atoms with Gasteiger partial charge in [0.15, 0.2) is 0 Å². The van der Waals surface area contributed by atoms with E-state index in [4.69, 9.17) is 9.47 Å². The topological polar surface area (TPSA) is 41.9 Å². The van der Waals surface area contributed by atoms with E-state index in [1.54, 1.807) is 12.1 Å². The van der Waals surface area contributed by atoms with Crippen molar-refractivity contribution in [3.05, 3.63) is 89.2 Å². The number of phenolic OH excluding ortho intramolecular Hbond substituents is 1. The lowest BCUT2D eigenvalue weighted by Crippen LogP contribution is -2.33. The summed E-state index contributed by atoms with van der Waals surface area (Å²) in [6.45, 7) is 4.46. The molecule has 1 N–H and O–H groups in total. The van der Waals surface area contributed by atoms with Crippen molar-refractivity contribution in [3.8, 4) is 17.2 Å². The molecule has 0 bridgehead atoms. The largest absolute Gasteiger partial charge is 0.508 e. The summed E-state index contributed by atoms with van der Waals surface area (Å²) in [5.74, 6) is 1.57. The van der Waals surface area contributed by atoms with Crippen LogP contribution >= 0.6 is 0 Å². The minimum atomic E-state index is -0.247. The summed E-state index contributed by atoms with van der Waals surface area (Å²) in [7, 11) is 0. The molecule has 0 aliphatic carbocycles. The van der Waals surface area contributed by atoms with Crippen LogP contribution in [0.5, 0.6) is 17.2 Å². The van der Waals surface area contributed by atoms with Crippen molar-refractivity contribution in [3.63, 3.8) is 0 Å². The van der Waals surface area contributed by atoms with E-state index in [1.807, 2.05) is 30.3 Å². The van der Waals surface area contributed by atoms with Gasteiger partial charge < -0.3 is 14.6 Å². The van der Waals surface area contributed by atoms with Crippen LogP contribution in [0.15, 0.2) is 66.7 Å². The molecule has 2 heterocycles. The number of piperidine rings is 1. The fourth-order valence-electron chi connectivity index (χ4n) is 5.06. The Morgan fingerprint density at radius 1 is 0.909 bits per heavy atom. The molecule has 1 fully saturated rings. The van der Waals surface area contributed by atoms with Gasteiger partial charge in [-0.15, -0.1) is 0 Å². The van der Waals surface area contributed by atoms with Crippen LogP contribution in [0.2, 0.25) is 0 Å². The molecule has 3 aromatic carbocycles. The molecular formula is C28H30FNO3. The Kier molecular flexibility index (Phi) is 6.49. The number of nitrogens with zero attached hydrogens (tertiary/aromatic N) is 1. The highest BCUT2D eigenvalue weighted by Crippen LogP contribution is 2.47. The average Bonchev–Trinajstić information content (AvgIpc) is 2.85. The molecular weight excluding hydrogens is 417 g/mol. The van der Waals surface area contributed by atoms with Crippen LogP contribution in [0.3, 0.4) is 0 Å². The molecule has 172 valence electrons. The molecule has 0 amide bonds. The minimum Gasteiger partial charge on any atom is -0.508 e. The van der Waals surface area contributed by atoms with Gasteiger partial charge in [0.05, 0.1) is 6.61 Å². The Morgan fingerprint density at radius 2 is 1.64 bits per heavy atom. The van der Waals surface area contributed by atoms with Gasteiger partial charge in [0.2, 0.25) is 0 Å². The van der Waals surface area contributed by atoms with E-state index in [9.17, 15) is 9.50 Å².